The van der Waals surface area contributed by atoms with E-state index >= 15 is 0 Å². The Balaban J connectivity index is 1.93. The monoisotopic (exact) mass is 307 g/mol. The number of aromatic nitrogens is 2. The lowest BCUT2D eigenvalue weighted by atomic mass is 10.3. The first-order valence-electron chi connectivity index (χ1n) is 5.74. The number of fused-ring (bicyclic) bond motifs is 1. The highest BCUT2D eigenvalue weighted by Crippen LogP contribution is 2.28. The molecule has 0 unspecified atom stereocenters. The lowest BCUT2D eigenvalue weighted by Gasteiger charge is -2.10. The van der Waals surface area contributed by atoms with Crippen LogP contribution in [0.25, 0.3) is 4.96 Å². The molecule has 20 heavy (non-hydrogen) atoms. The Morgan fingerprint density at radius 2 is 2.35 bits per heavy atom. The van der Waals surface area contributed by atoms with Crippen molar-refractivity contribution in [2.75, 3.05) is 12.4 Å². The van der Waals surface area contributed by atoms with E-state index in [0.29, 0.717) is 22.2 Å². The number of thiazole rings is 1. The molecule has 1 N–H and O–H groups in total. The molecule has 1 aromatic carbocycles. The third kappa shape index (κ3) is 2.23. The third-order valence-corrected chi connectivity index (χ3v) is 3.87. The molecule has 3 rings (SSSR count). The summed E-state index contributed by atoms with van der Waals surface area (Å²) < 4.78 is 6.93. The number of hydrogen-bond acceptors (Lipinski definition) is 4. The van der Waals surface area contributed by atoms with Gasteiger partial charge in [-0.2, -0.15) is 0 Å². The van der Waals surface area contributed by atoms with Crippen LogP contribution in [0, 0.1) is 0 Å². The molecule has 1 amide bonds. The van der Waals surface area contributed by atoms with Gasteiger partial charge in [-0.3, -0.25) is 9.20 Å². The van der Waals surface area contributed by atoms with Gasteiger partial charge in [0.15, 0.2) is 4.96 Å². The molecule has 0 saturated heterocycles. The van der Waals surface area contributed by atoms with Gasteiger partial charge < -0.3 is 10.1 Å². The van der Waals surface area contributed by atoms with Crippen molar-refractivity contribution in [1.82, 2.24) is 9.38 Å². The van der Waals surface area contributed by atoms with Gasteiger partial charge in [-0.1, -0.05) is 11.6 Å². The largest absolute Gasteiger partial charge is 0.495 e. The summed E-state index contributed by atoms with van der Waals surface area (Å²) >= 11 is 7.35. The molecule has 2 aromatic heterocycles. The van der Waals surface area contributed by atoms with Crippen LogP contribution in [0.4, 0.5) is 5.69 Å². The van der Waals surface area contributed by atoms with Crippen molar-refractivity contribution in [1.29, 1.82) is 0 Å². The van der Waals surface area contributed by atoms with Crippen LogP contribution in [-0.4, -0.2) is 22.4 Å². The quantitative estimate of drug-likeness (QED) is 0.807. The van der Waals surface area contributed by atoms with E-state index in [0.717, 1.165) is 4.96 Å². The second-order valence-corrected chi connectivity index (χ2v) is 5.27. The topological polar surface area (TPSA) is 55.6 Å². The SMILES string of the molecule is COc1ccc(Cl)cc1NC(=O)c1csc2nccn12. The highest BCUT2D eigenvalue weighted by Gasteiger charge is 2.14. The van der Waals surface area contributed by atoms with E-state index in [9.17, 15) is 4.79 Å². The van der Waals surface area contributed by atoms with Gasteiger partial charge in [0, 0.05) is 22.8 Å². The molecule has 3 aromatic rings. The average molecular weight is 308 g/mol. The number of nitrogens with one attached hydrogen (secondary N) is 1. The molecule has 0 fully saturated rings. The lowest BCUT2D eigenvalue weighted by Crippen LogP contribution is -2.14. The average Bonchev–Trinajstić information content (AvgIpc) is 3.01. The van der Waals surface area contributed by atoms with E-state index in [2.05, 4.69) is 10.3 Å². The molecule has 5 nitrogen and oxygen atoms in total. The van der Waals surface area contributed by atoms with Crippen LogP contribution >= 0.6 is 22.9 Å². The molecule has 0 aliphatic heterocycles. The Morgan fingerprint density at radius 1 is 1.50 bits per heavy atom. The lowest BCUT2D eigenvalue weighted by molar-refractivity contribution is 0.102. The predicted molar refractivity (Wildman–Crippen MR) is 79.0 cm³/mol. The standard InChI is InChI=1S/C13H10ClN3O2S/c1-19-11-3-2-8(14)6-9(11)16-12(18)10-7-20-13-15-4-5-17(10)13/h2-7H,1H3,(H,16,18). The zero-order valence-corrected chi connectivity index (χ0v) is 12.0. The zero-order chi connectivity index (χ0) is 14.1. The minimum atomic E-state index is -0.241. The minimum Gasteiger partial charge on any atom is -0.495 e. The van der Waals surface area contributed by atoms with E-state index in [4.69, 9.17) is 16.3 Å². The zero-order valence-electron chi connectivity index (χ0n) is 10.5. The highest BCUT2D eigenvalue weighted by molar-refractivity contribution is 7.15. The van der Waals surface area contributed by atoms with Gasteiger partial charge in [0.1, 0.15) is 11.4 Å². The summed E-state index contributed by atoms with van der Waals surface area (Å²) in [4.78, 5) is 17.2. The fourth-order valence-electron chi connectivity index (χ4n) is 1.85. The van der Waals surface area contributed by atoms with Crippen LogP contribution in [0.3, 0.4) is 0 Å². The molecular weight excluding hydrogens is 298 g/mol. The maximum atomic E-state index is 12.3. The molecule has 0 aliphatic carbocycles. The Labute approximate surface area is 123 Å². The van der Waals surface area contributed by atoms with E-state index in [-0.39, 0.29) is 5.91 Å². The van der Waals surface area contributed by atoms with Gasteiger partial charge >= 0.3 is 0 Å². The van der Waals surface area contributed by atoms with E-state index in [1.807, 2.05) is 0 Å². The summed E-state index contributed by atoms with van der Waals surface area (Å²) in [6.45, 7) is 0. The van der Waals surface area contributed by atoms with Gasteiger partial charge in [0.25, 0.3) is 5.91 Å². The third-order valence-electron chi connectivity index (χ3n) is 2.78. The number of carbonyl (C=O) groups is 1. The number of imidazole rings is 1. The van der Waals surface area contributed by atoms with E-state index in [1.54, 1.807) is 40.4 Å². The first-order valence-corrected chi connectivity index (χ1v) is 7.00. The molecule has 0 bridgehead atoms. The van der Waals surface area contributed by atoms with Crippen molar-refractivity contribution in [2.45, 2.75) is 0 Å². The summed E-state index contributed by atoms with van der Waals surface area (Å²) in [7, 11) is 1.54. The summed E-state index contributed by atoms with van der Waals surface area (Å²) in [5.74, 6) is 0.315. The number of benzene rings is 1. The highest BCUT2D eigenvalue weighted by atomic mass is 35.5. The van der Waals surface area contributed by atoms with Crippen LogP contribution in [0.15, 0.2) is 36.0 Å². The Hall–Kier alpha value is -2.05. The van der Waals surface area contributed by atoms with Crippen molar-refractivity contribution in [3.05, 3.63) is 46.7 Å². The fraction of sp³-hybridized carbons (Fsp3) is 0.0769. The second-order valence-electron chi connectivity index (χ2n) is 4.00. The number of halogens is 1. The molecular formula is C13H10ClN3O2S. The Kier molecular flexibility index (Phi) is 3.33. The van der Waals surface area contributed by atoms with Crippen molar-refractivity contribution < 1.29 is 9.53 Å². The minimum absolute atomic E-state index is 0.241. The molecule has 102 valence electrons. The molecule has 0 spiro atoms. The molecule has 0 aliphatic rings. The first-order chi connectivity index (χ1) is 9.69. The predicted octanol–water partition coefficient (Wildman–Crippen LogP) is 3.31. The number of carbonyl (C=O) groups excluding carboxylic acids is 1. The second kappa shape index (κ2) is 5.15. The summed E-state index contributed by atoms with van der Waals surface area (Å²) in [6.07, 6.45) is 3.40. The Bertz CT molecular complexity index is 781. The fourth-order valence-corrected chi connectivity index (χ4v) is 2.86. The molecule has 0 radical (unpaired) electrons. The molecule has 0 saturated carbocycles. The Morgan fingerprint density at radius 3 is 3.15 bits per heavy atom. The van der Waals surface area contributed by atoms with Gasteiger partial charge in [-0.15, -0.1) is 11.3 Å². The number of methoxy groups -OCH3 is 1. The number of nitrogens with zero attached hydrogens (tertiary/aromatic N) is 2. The summed E-state index contributed by atoms with van der Waals surface area (Å²) in [6, 6.07) is 5.06. The molecule has 7 heteroatoms. The van der Waals surface area contributed by atoms with Crippen LogP contribution in [0.1, 0.15) is 10.5 Å². The molecule has 0 atom stereocenters. The number of anilines is 1. The summed E-state index contributed by atoms with van der Waals surface area (Å²) in [5.41, 5.74) is 1.05. The van der Waals surface area contributed by atoms with Crippen molar-refractivity contribution in [3.8, 4) is 5.75 Å². The first kappa shape index (κ1) is 13.0. The van der Waals surface area contributed by atoms with Crippen LogP contribution in [0.5, 0.6) is 5.75 Å². The van der Waals surface area contributed by atoms with Gasteiger partial charge in [0.2, 0.25) is 0 Å². The van der Waals surface area contributed by atoms with Gasteiger partial charge in [-0.05, 0) is 18.2 Å². The van der Waals surface area contributed by atoms with E-state index < -0.39 is 0 Å². The van der Waals surface area contributed by atoms with E-state index in [1.165, 1.54) is 18.4 Å². The van der Waals surface area contributed by atoms with Crippen molar-refractivity contribution in [3.63, 3.8) is 0 Å². The molecule has 2 heterocycles. The number of ether oxygens (including phenoxy) is 1. The van der Waals surface area contributed by atoms with Crippen LogP contribution in [-0.2, 0) is 0 Å². The van der Waals surface area contributed by atoms with Gasteiger partial charge in [0.05, 0.1) is 12.8 Å². The number of rotatable bonds is 3. The van der Waals surface area contributed by atoms with Gasteiger partial charge in [-0.25, -0.2) is 4.98 Å². The maximum absolute atomic E-state index is 12.3. The maximum Gasteiger partial charge on any atom is 0.273 e. The van der Waals surface area contributed by atoms with Crippen molar-refractivity contribution >= 4 is 39.5 Å². The van der Waals surface area contributed by atoms with Crippen LogP contribution < -0.4 is 10.1 Å². The normalized spacial score (nSPS) is 10.7. The smallest absolute Gasteiger partial charge is 0.273 e. The number of amides is 1. The van der Waals surface area contributed by atoms with Crippen molar-refractivity contribution in [2.24, 2.45) is 0 Å². The summed E-state index contributed by atoms with van der Waals surface area (Å²) in [5, 5.41) is 5.08. The van der Waals surface area contributed by atoms with Crippen LogP contribution in [0.2, 0.25) is 5.02 Å². The number of hydrogen-bond donors (Lipinski definition) is 1.